The van der Waals surface area contributed by atoms with E-state index in [4.69, 9.17) is 12.2 Å². The first-order chi connectivity index (χ1) is 14.0. The average molecular weight is 412 g/mol. The number of carbonyl (C=O) groups is 2. The first-order valence-corrected chi connectivity index (χ1v) is 10.4. The van der Waals surface area contributed by atoms with Crippen LogP contribution in [0.1, 0.15) is 48.5 Å². The Labute approximate surface area is 178 Å². The van der Waals surface area contributed by atoms with E-state index in [0.717, 1.165) is 25.7 Å². The number of anilines is 1. The molecule has 0 fully saturated rings. The Morgan fingerprint density at radius 2 is 1.69 bits per heavy atom. The highest BCUT2D eigenvalue weighted by Gasteiger charge is 2.17. The lowest BCUT2D eigenvalue weighted by molar-refractivity contribution is -0.119. The topological polar surface area (TPSA) is 61.4 Å². The largest absolute Gasteiger partial charge is 0.352 e. The number of benzene rings is 2. The molecule has 0 heterocycles. The van der Waals surface area contributed by atoms with Crippen molar-refractivity contribution in [3.05, 3.63) is 65.7 Å². The molecule has 0 aliphatic heterocycles. The average Bonchev–Trinajstić information content (AvgIpc) is 2.74. The molecule has 2 aromatic carbocycles. The van der Waals surface area contributed by atoms with Crippen LogP contribution < -0.4 is 15.5 Å². The van der Waals surface area contributed by atoms with E-state index in [1.165, 1.54) is 5.56 Å². The molecule has 154 valence electrons. The normalized spacial score (nSPS) is 10.3. The van der Waals surface area contributed by atoms with Crippen molar-refractivity contribution in [2.75, 3.05) is 18.5 Å². The Morgan fingerprint density at radius 1 is 1.00 bits per heavy atom. The Hall–Kier alpha value is -2.73. The lowest BCUT2D eigenvalue weighted by atomic mass is 10.1. The summed E-state index contributed by atoms with van der Waals surface area (Å²) in [6.07, 6.45) is 4.13. The number of rotatable bonds is 9. The van der Waals surface area contributed by atoms with E-state index in [-0.39, 0.29) is 16.9 Å². The molecule has 0 aliphatic rings. The number of carbonyl (C=O) groups excluding carboxylic acids is 2. The van der Waals surface area contributed by atoms with Crippen LogP contribution in [0.5, 0.6) is 0 Å². The first-order valence-electron chi connectivity index (χ1n) is 10.0. The Bertz CT molecular complexity index is 824. The van der Waals surface area contributed by atoms with Gasteiger partial charge in [0.25, 0.3) is 5.91 Å². The zero-order valence-corrected chi connectivity index (χ0v) is 17.9. The van der Waals surface area contributed by atoms with Crippen LogP contribution in [-0.4, -0.2) is 30.5 Å². The first kappa shape index (κ1) is 22.6. The highest BCUT2D eigenvalue weighted by atomic mass is 32.1. The van der Waals surface area contributed by atoms with Crippen LogP contribution in [0.25, 0.3) is 0 Å². The Morgan fingerprint density at radius 3 is 2.41 bits per heavy atom. The fraction of sp³-hybridized carbons (Fsp3) is 0.348. The molecule has 6 heteroatoms. The molecule has 29 heavy (non-hydrogen) atoms. The molecular weight excluding hydrogens is 382 g/mol. The molecule has 0 spiro atoms. The third kappa shape index (κ3) is 7.31. The summed E-state index contributed by atoms with van der Waals surface area (Å²) in [4.78, 5) is 26.4. The summed E-state index contributed by atoms with van der Waals surface area (Å²) >= 11 is 5.37. The van der Waals surface area contributed by atoms with Crippen molar-refractivity contribution in [1.29, 1.82) is 0 Å². The summed E-state index contributed by atoms with van der Waals surface area (Å²) in [7, 11) is 1.75. The summed E-state index contributed by atoms with van der Waals surface area (Å²) in [5.74, 6) is -0.263. The molecule has 5 nitrogen and oxygen atoms in total. The van der Waals surface area contributed by atoms with Gasteiger partial charge >= 0.3 is 0 Å². The SMILES string of the molecule is CCCCCC(=O)NC(=S)N(C)c1ccccc1C(=O)NCCc1ccccc1. The van der Waals surface area contributed by atoms with E-state index in [0.29, 0.717) is 24.2 Å². The van der Waals surface area contributed by atoms with E-state index < -0.39 is 0 Å². The lowest BCUT2D eigenvalue weighted by Crippen LogP contribution is -2.41. The van der Waals surface area contributed by atoms with Gasteiger partial charge in [-0.15, -0.1) is 0 Å². The second kappa shape index (κ2) is 12.0. The molecule has 2 amide bonds. The van der Waals surface area contributed by atoms with Gasteiger partial charge in [-0.1, -0.05) is 62.2 Å². The number of hydrogen-bond donors (Lipinski definition) is 2. The van der Waals surface area contributed by atoms with Crippen molar-refractivity contribution in [3.63, 3.8) is 0 Å². The quantitative estimate of drug-likeness (QED) is 0.482. The van der Waals surface area contributed by atoms with Crippen molar-refractivity contribution in [2.45, 2.75) is 39.0 Å². The lowest BCUT2D eigenvalue weighted by Gasteiger charge is -2.23. The monoisotopic (exact) mass is 411 g/mol. The molecule has 2 rings (SSSR count). The highest BCUT2D eigenvalue weighted by Crippen LogP contribution is 2.19. The van der Waals surface area contributed by atoms with Gasteiger partial charge in [0.2, 0.25) is 5.91 Å². The molecule has 2 aromatic rings. The molecular formula is C23H29N3O2S. The van der Waals surface area contributed by atoms with E-state index in [1.807, 2.05) is 48.5 Å². The van der Waals surface area contributed by atoms with Crippen molar-refractivity contribution in [2.24, 2.45) is 0 Å². The van der Waals surface area contributed by atoms with E-state index in [9.17, 15) is 9.59 Å². The van der Waals surface area contributed by atoms with E-state index in [2.05, 4.69) is 17.6 Å². The molecule has 0 bridgehead atoms. The van der Waals surface area contributed by atoms with Gasteiger partial charge in [0.05, 0.1) is 11.3 Å². The molecule has 0 radical (unpaired) electrons. The van der Waals surface area contributed by atoms with Gasteiger partial charge in [0.1, 0.15) is 0 Å². The number of thiocarbonyl (C=S) groups is 1. The second-order valence-corrected chi connectivity index (χ2v) is 7.26. The van der Waals surface area contributed by atoms with Gasteiger partial charge in [0.15, 0.2) is 5.11 Å². The molecule has 0 saturated heterocycles. The number of amides is 2. The minimum atomic E-state index is -0.166. The van der Waals surface area contributed by atoms with Crippen molar-refractivity contribution < 1.29 is 9.59 Å². The zero-order chi connectivity index (χ0) is 21.1. The van der Waals surface area contributed by atoms with Crippen LogP contribution in [0.4, 0.5) is 5.69 Å². The molecule has 0 atom stereocenters. The molecule has 0 aromatic heterocycles. The third-order valence-corrected chi connectivity index (χ3v) is 4.99. The van der Waals surface area contributed by atoms with E-state index in [1.54, 1.807) is 18.0 Å². The number of nitrogens with one attached hydrogen (secondary N) is 2. The number of nitrogens with zero attached hydrogens (tertiary/aromatic N) is 1. The summed E-state index contributed by atoms with van der Waals surface area (Å²) < 4.78 is 0. The number of para-hydroxylation sites is 1. The number of unbranched alkanes of at least 4 members (excludes halogenated alkanes) is 2. The maximum absolute atomic E-state index is 12.7. The standard InChI is InChI=1S/C23H29N3O2S/c1-3-4-6-15-21(27)25-23(29)26(2)20-14-10-9-13-19(20)22(28)24-17-16-18-11-7-5-8-12-18/h5,7-14H,3-4,6,15-17H2,1-2H3,(H,24,28)(H,25,27,29). The van der Waals surface area contributed by atoms with Crippen molar-refractivity contribution in [3.8, 4) is 0 Å². The van der Waals surface area contributed by atoms with Gasteiger partial charge in [-0.3, -0.25) is 9.59 Å². The summed E-state index contributed by atoms with van der Waals surface area (Å²) in [5, 5.41) is 6.00. The van der Waals surface area contributed by atoms with Gasteiger partial charge in [-0.2, -0.15) is 0 Å². The van der Waals surface area contributed by atoms with Gasteiger partial charge < -0.3 is 15.5 Å². The third-order valence-electron chi connectivity index (χ3n) is 4.61. The maximum atomic E-state index is 12.7. The fourth-order valence-electron chi connectivity index (χ4n) is 2.93. The van der Waals surface area contributed by atoms with E-state index >= 15 is 0 Å². The smallest absolute Gasteiger partial charge is 0.253 e. The van der Waals surface area contributed by atoms with Gasteiger partial charge in [-0.05, 0) is 42.8 Å². The van der Waals surface area contributed by atoms with Crippen LogP contribution in [0.3, 0.4) is 0 Å². The van der Waals surface area contributed by atoms with Crippen LogP contribution in [0, 0.1) is 0 Å². The van der Waals surface area contributed by atoms with Crippen LogP contribution >= 0.6 is 12.2 Å². The minimum absolute atomic E-state index is 0.0971. The van der Waals surface area contributed by atoms with Gasteiger partial charge in [-0.25, -0.2) is 0 Å². The molecule has 2 N–H and O–H groups in total. The summed E-state index contributed by atoms with van der Waals surface area (Å²) in [5.41, 5.74) is 2.35. The Kier molecular flexibility index (Phi) is 9.31. The van der Waals surface area contributed by atoms with Crippen LogP contribution in [0.2, 0.25) is 0 Å². The Balaban J connectivity index is 1.96. The van der Waals surface area contributed by atoms with Crippen LogP contribution in [-0.2, 0) is 11.2 Å². The zero-order valence-electron chi connectivity index (χ0n) is 17.1. The molecule has 0 unspecified atom stereocenters. The fourth-order valence-corrected chi connectivity index (χ4v) is 3.14. The second-order valence-electron chi connectivity index (χ2n) is 6.88. The van der Waals surface area contributed by atoms with Crippen LogP contribution in [0.15, 0.2) is 54.6 Å². The summed E-state index contributed by atoms with van der Waals surface area (Å²) in [6.45, 7) is 2.64. The maximum Gasteiger partial charge on any atom is 0.253 e. The highest BCUT2D eigenvalue weighted by molar-refractivity contribution is 7.80. The molecule has 0 aliphatic carbocycles. The van der Waals surface area contributed by atoms with Crippen molar-refractivity contribution >= 4 is 34.8 Å². The number of hydrogen-bond acceptors (Lipinski definition) is 3. The summed E-state index contributed by atoms with van der Waals surface area (Å²) in [6, 6.07) is 17.3. The minimum Gasteiger partial charge on any atom is -0.352 e. The predicted octanol–water partition coefficient (Wildman–Crippen LogP) is 4.08. The van der Waals surface area contributed by atoms with Crippen molar-refractivity contribution in [1.82, 2.24) is 10.6 Å². The molecule has 0 saturated carbocycles. The van der Waals surface area contributed by atoms with Gasteiger partial charge in [0, 0.05) is 20.0 Å². The predicted molar refractivity (Wildman–Crippen MR) is 122 cm³/mol.